The van der Waals surface area contributed by atoms with Gasteiger partial charge in [-0.05, 0) is 85.0 Å². The Morgan fingerprint density at radius 2 is 0.745 bits per heavy atom. The predicted molar refractivity (Wildman–Crippen MR) is 221 cm³/mol. The van der Waals surface area contributed by atoms with E-state index in [0.29, 0.717) is 17.5 Å². The van der Waals surface area contributed by atoms with E-state index < -0.39 is 5.41 Å². The normalized spacial score (nSPS) is 12.9. The van der Waals surface area contributed by atoms with Gasteiger partial charge in [0, 0.05) is 29.1 Å². The fourth-order valence-electron chi connectivity index (χ4n) is 8.91. The first-order chi connectivity index (χ1) is 27.3. The van der Waals surface area contributed by atoms with E-state index in [1.165, 1.54) is 44.5 Å². The second kappa shape index (κ2) is 12.4. The Morgan fingerprint density at radius 1 is 0.291 bits per heavy atom. The van der Waals surface area contributed by atoms with Crippen LogP contribution in [0.4, 0.5) is 0 Å². The molecule has 0 N–H and O–H groups in total. The number of hydrogen-bond acceptors (Lipinski definition) is 4. The van der Waals surface area contributed by atoms with E-state index in [-0.39, 0.29) is 0 Å². The lowest BCUT2D eigenvalue weighted by Gasteiger charge is -2.30. The van der Waals surface area contributed by atoms with Gasteiger partial charge in [-0.2, -0.15) is 0 Å². The highest BCUT2D eigenvalue weighted by atomic mass is 15.0. The summed E-state index contributed by atoms with van der Waals surface area (Å²) in [6.07, 6.45) is 3.64. The molecule has 1 spiro atoms. The van der Waals surface area contributed by atoms with Gasteiger partial charge in [-0.3, -0.25) is 4.98 Å². The topological polar surface area (TPSA) is 51.6 Å². The van der Waals surface area contributed by atoms with Crippen LogP contribution in [0.25, 0.3) is 78.7 Å². The van der Waals surface area contributed by atoms with Gasteiger partial charge < -0.3 is 0 Å². The number of aromatic nitrogens is 4. The highest BCUT2D eigenvalue weighted by molar-refractivity contribution is 5.99. The standard InChI is InChI=1S/C51H32N4/c1-2-12-33(13-3-1)37-14-10-15-38(32-37)49-53-48(36-26-24-34(25-27-36)35-28-30-52-31-29-35)54-50(55-49)42-19-11-23-46-47(42)41-18-6-9-22-45(41)51(46)43-20-7-4-16-39(43)40-17-5-8-21-44(40)51/h1-32H. The zero-order chi connectivity index (χ0) is 36.3. The van der Waals surface area contributed by atoms with Gasteiger partial charge in [0.05, 0.1) is 5.41 Å². The van der Waals surface area contributed by atoms with Crippen LogP contribution in [0, 0.1) is 0 Å². The van der Waals surface area contributed by atoms with E-state index in [0.717, 1.165) is 38.9 Å². The summed E-state index contributed by atoms with van der Waals surface area (Å²) in [7, 11) is 0. The van der Waals surface area contributed by atoms with Gasteiger partial charge in [0.15, 0.2) is 17.5 Å². The summed E-state index contributed by atoms with van der Waals surface area (Å²) in [5, 5.41) is 0. The summed E-state index contributed by atoms with van der Waals surface area (Å²) in [4.78, 5) is 20.0. The smallest absolute Gasteiger partial charge is 0.164 e. The van der Waals surface area contributed by atoms with E-state index in [4.69, 9.17) is 15.0 Å². The van der Waals surface area contributed by atoms with Crippen LogP contribution >= 0.6 is 0 Å². The molecule has 9 aromatic rings. The maximum atomic E-state index is 5.32. The van der Waals surface area contributed by atoms with Crippen LogP contribution in [-0.2, 0) is 5.41 Å². The van der Waals surface area contributed by atoms with Crippen molar-refractivity contribution in [1.29, 1.82) is 0 Å². The quantitative estimate of drug-likeness (QED) is 0.179. The van der Waals surface area contributed by atoms with Crippen LogP contribution in [-0.4, -0.2) is 19.9 Å². The van der Waals surface area contributed by atoms with E-state index in [1.54, 1.807) is 0 Å². The Labute approximate surface area is 319 Å². The molecule has 4 nitrogen and oxygen atoms in total. The summed E-state index contributed by atoms with van der Waals surface area (Å²) in [5.74, 6) is 1.90. The van der Waals surface area contributed by atoms with Gasteiger partial charge in [-0.25, -0.2) is 15.0 Å². The highest BCUT2D eigenvalue weighted by Gasteiger charge is 2.52. The van der Waals surface area contributed by atoms with Gasteiger partial charge >= 0.3 is 0 Å². The average molecular weight is 701 g/mol. The van der Waals surface area contributed by atoms with Crippen LogP contribution in [0.3, 0.4) is 0 Å². The van der Waals surface area contributed by atoms with E-state index in [2.05, 4.69) is 169 Å². The third-order valence-corrected chi connectivity index (χ3v) is 11.3. The summed E-state index contributed by atoms with van der Waals surface area (Å²) >= 11 is 0. The van der Waals surface area contributed by atoms with Gasteiger partial charge in [-0.15, -0.1) is 0 Å². The van der Waals surface area contributed by atoms with Crippen molar-refractivity contribution >= 4 is 0 Å². The number of pyridine rings is 1. The fraction of sp³-hybridized carbons (Fsp3) is 0.0196. The fourth-order valence-corrected chi connectivity index (χ4v) is 8.91. The first kappa shape index (κ1) is 31.2. The molecule has 2 aliphatic carbocycles. The number of nitrogens with zero attached hydrogens (tertiary/aromatic N) is 4. The number of benzene rings is 7. The van der Waals surface area contributed by atoms with E-state index >= 15 is 0 Å². The Bertz CT molecular complexity index is 2870. The van der Waals surface area contributed by atoms with Gasteiger partial charge in [0.25, 0.3) is 0 Å². The first-order valence-electron chi connectivity index (χ1n) is 18.6. The number of fused-ring (bicyclic) bond motifs is 10. The molecule has 0 saturated carbocycles. The molecule has 0 amide bonds. The van der Waals surface area contributed by atoms with Gasteiger partial charge in [0.2, 0.25) is 0 Å². The third kappa shape index (κ3) is 4.78. The average Bonchev–Trinajstić information content (AvgIpc) is 3.75. The molecular weight excluding hydrogens is 669 g/mol. The molecule has 2 aliphatic rings. The number of rotatable bonds is 5. The molecule has 0 unspecified atom stereocenters. The molecule has 0 bridgehead atoms. The van der Waals surface area contributed by atoms with E-state index in [9.17, 15) is 0 Å². The highest BCUT2D eigenvalue weighted by Crippen LogP contribution is 2.63. The number of hydrogen-bond donors (Lipinski definition) is 0. The summed E-state index contributed by atoms with van der Waals surface area (Å²) < 4.78 is 0. The molecule has 0 atom stereocenters. The molecule has 7 aromatic carbocycles. The second-order valence-corrected chi connectivity index (χ2v) is 14.2. The summed E-state index contributed by atoms with van der Waals surface area (Å²) in [6.45, 7) is 0. The molecule has 11 rings (SSSR count). The van der Waals surface area contributed by atoms with E-state index in [1.807, 2.05) is 30.6 Å². The lowest BCUT2D eigenvalue weighted by atomic mass is 9.70. The lowest BCUT2D eigenvalue weighted by Crippen LogP contribution is -2.25. The minimum atomic E-state index is -0.458. The predicted octanol–water partition coefficient (Wildman–Crippen LogP) is 11.9. The minimum Gasteiger partial charge on any atom is -0.265 e. The molecule has 256 valence electrons. The van der Waals surface area contributed by atoms with Crippen LogP contribution in [0.2, 0.25) is 0 Å². The molecule has 2 aromatic heterocycles. The SMILES string of the molecule is c1ccc(-c2cccc(-c3nc(-c4ccc(-c5ccncc5)cc4)nc(-c4cccc5c4-c4ccccc4C54c5ccccc5-c5ccccc54)n3)c2)cc1. The van der Waals surface area contributed by atoms with Gasteiger partial charge in [0.1, 0.15) is 0 Å². The van der Waals surface area contributed by atoms with Crippen molar-refractivity contribution in [2.75, 3.05) is 0 Å². The van der Waals surface area contributed by atoms with Crippen LogP contribution in [0.5, 0.6) is 0 Å². The molecular formula is C51H32N4. The Hall–Kier alpha value is -7.30. The van der Waals surface area contributed by atoms with Crippen LogP contribution < -0.4 is 0 Å². The summed E-state index contributed by atoms with van der Waals surface area (Å²) in [5.41, 5.74) is 16.9. The van der Waals surface area contributed by atoms with Crippen molar-refractivity contribution in [3.8, 4) is 78.7 Å². The second-order valence-electron chi connectivity index (χ2n) is 14.2. The van der Waals surface area contributed by atoms with Crippen molar-refractivity contribution in [3.05, 3.63) is 217 Å². The maximum Gasteiger partial charge on any atom is 0.164 e. The van der Waals surface area contributed by atoms with Crippen molar-refractivity contribution in [3.63, 3.8) is 0 Å². The molecule has 0 aliphatic heterocycles. The van der Waals surface area contributed by atoms with Crippen molar-refractivity contribution in [2.24, 2.45) is 0 Å². The largest absolute Gasteiger partial charge is 0.265 e. The minimum absolute atomic E-state index is 0.458. The van der Waals surface area contributed by atoms with Gasteiger partial charge in [-0.1, -0.05) is 164 Å². The summed E-state index contributed by atoms with van der Waals surface area (Å²) in [6, 6.07) is 64.8. The zero-order valence-corrected chi connectivity index (χ0v) is 29.8. The Kier molecular flexibility index (Phi) is 7.04. The molecule has 55 heavy (non-hydrogen) atoms. The molecule has 4 heteroatoms. The van der Waals surface area contributed by atoms with Crippen LogP contribution in [0.15, 0.2) is 194 Å². The third-order valence-electron chi connectivity index (χ3n) is 11.3. The van der Waals surface area contributed by atoms with Crippen molar-refractivity contribution in [1.82, 2.24) is 19.9 Å². The lowest BCUT2D eigenvalue weighted by molar-refractivity contribution is 0.794. The molecule has 0 radical (unpaired) electrons. The monoisotopic (exact) mass is 700 g/mol. The molecule has 0 saturated heterocycles. The van der Waals surface area contributed by atoms with Crippen molar-refractivity contribution < 1.29 is 0 Å². The Morgan fingerprint density at radius 3 is 1.45 bits per heavy atom. The maximum absolute atomic E-state index is 5.32. The molecule has 2 heterocycles. The molecule has 0 fully saturated rings. The zero-order valence-electron chi connectivity index (χ0n) is 29.8. The van der Waals surface area contributed by atoms with Crippen LogP contribution in [0.1, 0.15) is 22.3 Å². The van der Waals surface area contributed by atoms with Crippen molar-refractivity contribution in [2.45, 2.75) is 5.41 Å². The Balaban J connectivity index is 1.15. The first-order valence-corrected chi connectivity index (χ1v) is 18.6.